The molecule has 0 spiro atoms. The zero-order chi connectivity index (χ0) is 14.8. The maximum Gasteiger partial charge on any atom is 0.307 e. The van der Waals surface area contributed by atoms with Crippen LogP contribution < -0.4 is 5.32 Å². The molecule has 0 radical (unpaired) electrons. The van der Waals surface area contributed by atoms with Gasteiger partial charge >= 0.3 is 5.97 Å². The average molecular weight is 269 g/mol. The van der Waals surface area contributed by atoms with Crippen LogP contribution in [0.5, 0.6) is 0 Å². The van der Waals surface area contributed by atoms with Crippen LogP contribution in [-0.2, 0) is 9.59 Å². The van der Waals surface area contributed by atoms with Crippen molar-refractivity contribution in [2.45, 2.75) is 59.9 Å². The Bertz CT molecular complexity index is 346. The fourth-order valence-corrected chi connectivity index (χ4v) is 2.58. The van der Waals surface area contributed by atoms with Gasteiger partial charge < -0.3 is 10.4 Å². The van der Waals surface area contributed by atoms with Gasteiger partial charge in [-0.05, 0) is 31.1 Å². The van der Waals surface area contributed by atoms with Crippen molar-refractivity contribution in [3.05, 3.63) is 0 Å². The second-order valence-corrected chi connectivity index (χ2v) is 6.89. The summed E-state index contributed by atoms with van der Waals surface area (Å²) in [6.07, 6.45) is 2.28. The Hall–Kier alpha value is -1.06. The van der Waals surface area contributed by atoms with Gasteiger partial charge in [-0.15, -0.1) is 0 Å². The Kier molecular flexibility index (Phi) is 4.99. The van der Waals surface area contributed by atoms with Crippen LogP contribution in [0.2, 0.25) is 0 Å². The summed E-state index contributed by atoms with van der Waals surface area (Å²) in [5.41, 5.74) is -0.0167. The van der Waals surface area contributed by atoms with E-state index >= 15 is 0 Å². The Morgan fingerprint density at radius 1 is 1.26 bits per heavy atom. The lowest BCUT2D eigenvalue weighted by Crippen LogP contribution is -2.45. The molecular formula is C15H27NO3. The first-order valence-electron chi connectivity index (χ1n) is 7.20. The van der Waals surface area contributed by atoms with Crippen molar-refractivity contribution in [1.82, 2.24) is 5.32 Å². The van der Waals surface area contributed by atoms with Crippen LogP contribution in [0.25, 0.3) is 0 Å². The minimum Gasteiger partial charge on any atom is -0.481 e. The molecule has 2 N–H and O–H groups in total. The summed E-state index contributed by atoms with van der Waals surface area (Å²) < 4.78 is 0. The molecular weight excluding hydrogens is 242 g/mol. The molecule has 1 aliphatic rings. The maximum atomic E-state index is 12.3. The molecule has 0 bridgehead atoms. The summed E-state index contributed by atoms with van der Waals surface area (Å²) in [5, 5.41) is 12.2. The molecule has 110 valence electrons. The van der Waals surface area contributed by atoms with E-state index in [9.17, 15) is 14.7 Å². The number of carboxylic acids is 1. The molecule has 4 atom stereocenters. The minimum atomic E-state index is -0.834. The van der Waals surface area contributed by atoms with Crippen molar-refractivity contribution in [2.24, 2.45) is 23.2 Å². The van der Waals surface area contributed by atoms with Gasteiger partial charge in [0, 0.05) is 6.04 Å². The van der Waals surface area contributed by atoms with Crippen LogP contribution >= 0.6 is 0 Å². The van der Waals surface area contributed by atoms with Gasteiger partial charge in [-0.25, -0.2) is 0 Å². The number of carboxylic acid groups (broad SMARTS) is 1. The molecule has 19 heavy (non-hydrogen) atoms. The van der Waals surface area contributed by atoms with Crippen LogP contribution in [0.4, 0.5) is 0 Å². The SMILES string of the molecule is CCC1C[C@H](C(=O)NC(C)C(C)(C)C)[C@H](C(=O)O)C1. The molecule has 1 fully saturated rings. The number of carbonyl (C=O) groups excluding carboxylic acids is 1. The highest BCUT2D eigenvalue weighted by molar-refractivity contribution is 5.85. The molecule has 0 saturated heterocycles. The van der Waals surface area contributed by atoms with Crippen molar-refractivity contribution < 1.29 is 14.7 Å². The van der Waals surface area contributed by atoms with Gasteiger partial charge in [-0.1, -0.05) is 34.1 Å². The first-order valence-corrected chi connectivity index (χ1v) is 7.20. The van der Waals surface area contributed by atoms with E-state index in [2.05, 4.69) is 33.0 Å². The van der Waals surface area contributed by atoms with Crippen molar-refractivity contribution in [3.63, 3.8) is 0 Å². The van der Waals surface area contributed by atoms with Crippen LogP contribution in [0, 0.1) is 23.2 Å². The predicted octanol–water partition coefficient (Wildman–Crippen LogP) is 2.67. The Labute approximate surface area is 116 Å². The van der Waals surface area contributed by atoms with Crippen LogP contribution in [0.3, 0.4) is 0 Å². The molecule has 1 amide bonds. The quantitative estimate of drug-likeness (QED) is 0.824. The molecule has 0 aromatic heterocycles. The summed E-state index contributed by atoms with van der Waals surface area (Å²) >= 11 is 0. The molecule has 0 aliphatic heterocycles. The molecule has 1 saturated carbocycles. The molecule has 2 unspecified atom stereocenters. The third-order valence-electron chi connectivity index (χ3n) is 4.55. The topological polar surface area (TPSA) is 66.4 Å². The molecule has 0 aromatic carbocycles. The van der Waals surface area contributed by atoms with E-state index < -0.39 is 11.9 Å². The lowest BCUT2D eigenvalue weighted by atomic mass is 9.87. The number of aliphatic carboxylic acids is 1. The Morgan fingerprint density at radius 3 is 2.21 bits per heavy atom. The number of nitrogens with one attached hydrogen (secondary N) is 1. The summed E-state index contributed by atoms with van der Waals surface area (Å²) in [7, 11) is 0. The number of hydrogen-bond acceptors (Lipinski definition) is 2. The molecule has 0 heterocycles. The largest absolute Gasteiger partial charge is 0.481 e. The van der Waals surface area contributed by atoms with Crippen molar-refractivity contribution in [3.8, 4) is 0 Å². The monoisotopic (exact) mass is 269 g/mol. The van der Waals surface area contributed by atoms with E-state index in [1.807, 2.05) is 6.92 Å². The molecule has 0 aromatic rings. The van der Waals surface area contributed by atoms with Crippen molar-refractivity contribution in [2.75, 3.05) is 0 Å². The number of carbonyl (C=O) groups is 2. The van der Waals surface area contributed by atoms with Crippen molar-refractivity contribution >= 4 is 11.9 Å². The lowest BCUT2D eigenvalue weighted by Gasteiger charge is -2.29. The van der Waals surface area contributed by atoms with Gasteiger partial charge in [0.05, 0.1) is 11.8 Å². The van der Waals surface area contributed by atoms with Gasteiger partial charge in [0.1, 0.15) is 0 Å². The molecule has 1 rings (SSSR count). The van der Waals surface area contributed by atoms with Crippen molar-refractivity contribution in [1.29, 1.82) is 0 Å². The summed E-state index contributed by atoms with van der Waals surface area (Å²) in [6.45, 7) is 10.2. The van der Waals surface area contributed by atoms with Gasteiger partial charge in [0.15, 0.2) is 0 Å². The summed E-state index contributed by atoms with van der Waals surface area (Å²) in [6, 6.07) is 0.0371. The third kappa shape index (κ3) is 3.95. The zero-order valence-corrected chi connectivity index (χ0v) is 12.7. The third-order valence-corrected chi connectivity index (χ3v) is 4.55. The zero-order valence-electron chi connectivity index (χ0n) is 12.7. The molecule has 1 aliphatic carbocycles. The second-order valence-electron chi connectivity index (χ2n) is 6.89. The standard InChI is InChI=1S/C15H27NO3/c1-6-10-7-11(12(8-10)14(18)19)13(17)16-9(2)15(3,4)5/h9-12H,6-8H2,1-5H3,(H,16,17)(H,18,19)/t9?,10?,11-,12+/m0/s1. The molecule has 4 nitrogen and oxygen atoms in total. The first-order chi connectivity index (χ1) is 8.66. The van der Waals surface area contributed by atoms with Crippen LogP contribution in [0.1, 0.15) is 53.9 Å². The van der Waals surface area contributed by atoms with E-state index in [1.165, 1.54) is 0 Å². The summed E-state index contributed by atoms with van der Waals surface area (Å²) in [4.78, 5) is 23.6. The van der Waals surface area contributed by atoms with Gasteiger partial charge in [-0.2, -0.15) is 0 Å². The highest BCUT2D eigenvalue weighted by Crippen LogP contribution is 2.38. The van der Waals surface area contributed by atoms with E-state index in [0.717, 1.165) is 6.42 Å². The van der Waals surface area contributed by atoms with E-state index in [-0.39, 0.29) is 23.3 Å². The number of rotatable bonds is 4. The Balaban J connectivity index is 2.72. The Morgan fingerprint density at radius 2 is 1.79 bits per heavy atom. The van der Waals surface area contributed by atoms with E-state index in [0.29, 0.717) is 18.8 Å². The highest BCUT2D eigenvalue weighted by atomic mass is 16.4. The highest BCUT2D eigenvalue weighted by Gasteiger charge is 2.42. The normalized spacial score (nSPS) is 29.0. The van der Waals surface area contributed by atoms with Gasteiger partial charge in [0.25, 0.3) is 0 Å². The fraction of sp³-hybridized carbons (Fsp3) is 0.867. The first kappa shape index (κ1) is 16.0. The smallest absolute Gasteiger partial charge is 0.307 e. The molecule has 4 heteroatoms. The van der Waals surface area contributed by atoms with Gasteiger partial charge in [0.2, 0.25) is 5.91 Å². The fourth-order valence-electron chi connectivity index (χ4n) is 2.58. The number of hydrogen-bond donors (Lipinski definition) is 2. The van der Waals surface area contributed by atoms with Gasteiger partial charge in [-0.3, -0.25) is 9.59 Å². The summed E-state index contributed by atoms with van der Waals surface area (Å²) in [5.74, 6) is -1.45. The average Bonchev–Trinajstić information content (AvgIpc) is 2.71. The van der Waals surface area contributed by atoms with Crippen LogP contribution in [-0.4, -0.2) is 23.0 Å². The lowest BCUT2D eigenvalue weighted by molar-refractivity contribution is -0.146. The van der Waals surface area contributed by atoms with Crippen LogP contribution in [0.15, 0.2) is 0 Å². The maximum absolute atomic E-state index is 12.3. The van der Waals surface area contributed by atoms with E-state index in [4.69, 9.17) is 0 Å². The minimum absolute atomic E-state index is 0.0167. The second kappa shape index (κ2) is 5.93. The van der Waals surface area contributed by atoms with E-state index in [1.54, 1.807) is 0 Å². The number of amides is 1. The predicted molar refractivity (Wildman–Crippen MR) is 74.7 cm³/mol.